The number of rotatable bonds is 8. The molecule has 1 aromatic carbocycles. The first-order valence-electron chi connectivity index (χ1n) is 10.7. The van der Waals surface area contributed by atoms with Gasteiger partial charge in [0.15, 0.2) is 11.5 Å². The molecule has 3 aromatic rings. The predicted molar refractivity (Wildman–Crippen MR) is 117 cm³/mol. The summed E-state index contributed by atoms with van der Waals surface area (Å²) in [6.07, 6.45) is 7.65. The van der Waals surface area contributed by atoms with Gasteiger partial charge in [0, 0.05) is 32.1 Å². The van der Waals surface area contributed by atoms with Crippen molar-refractivity contribution in [3.8, 4) is 0 Å². The van der Waals surface area contributed by atoms with Gasteiger partial charge in [-0.1, -0.05) is 30.3 Å². The van der Waals surface area contributed by atoms with Crippen molar-refractivity contribution in [3.05, 3.63) is 48.5 Å². The van der Waals surface area contributed by atoms with Crippen LogP contribution in [-0.4, -0.2) is 56.0 Å². The number of imidazole rings is 1. The Bertz CT molecular complexity index is 964. The number of benzene rings is 1. The minimum atomic E-state index is 0.158. The van der Waals surface area contributed by atoms with Crippen LogP contribution in [0.5, 0.6) is 0 Å². The fourth-order valence-corrected chi connectivity index (χ4v) is 4.03. The number of nitrogens with one attached hydrogen (secondary N) is 1. The van der Waals surface area contributed by atoms with E-state index in [1.165, 1.54) is 11.9 Å². The quantitative estimate of drug-likeness (QED) is 0.592. The summed E-state index contributed by atoms with van der Waals surface area (Å²) < 4.78 is 2.03. The molecule has 1 aliphatic heterocycles. The second-order valence-corrected chi connectivity index (χ2v) is 7.89. The zero-order valence-corrected chi connectivity index (χ0v) is 17.2. The summed E-state index contributed by atoms with van der Waals surface area (Å²) in [5, 5.41) is 3.21. The molecule has 0 spiro atoms. The number of carbonyl (C=O) groups excluding carboxylic acids is 1. The number of amides is 1. The van der Waals surface area contributed by atoms with E-state index in [9.17, 15) is 4.79 Å². The van der Waals surface area contributed by atoms with E-state index in [-0.39, 0.29) is 5.91 Å². The molecule has 0 unspecified atom stereocenters. The number of piperidine rings is 1. The molecule has 0 saturated carbocycles. The molecule has 1 saturated heterocycles. The van der Waals surface area contributed by atoms with E-state index < -0.39 is 0 Å². The number of carbonyl (C=O) groups is 1. The minimum absolute atomic E-state index is 0.158. The predicted octanol–water partition coefficient (Wildman–Crippen LogP) is 2.01. The average Bonchev–Trinajstić information content (AvgIpc) is 3.19. The molecule has 0 bridgehead atoms. The third-order valence-corrected chi connectivity index (χ3v) is 5.74. The van der Waals surface area contributed by atoms with Crippen LogP contribution in [0.25, 0.3) is 11.2 Å². The van der Waals surface area contributed by atoms with Crippen molar-refractivity contribution < 1.29 is 4.79 Å². The number of nitrogens with zero attached hydrogens (tertiary/aromatic N) is 5. The number of hydrogen-bond acceptors (Lipinski definition) is 6. The average molecular weight is 408 g/mol. The molecule has 8 heteroatoms. The van der Waals surface area contributed by atoms with Gasteiger partial charge in [-0.05, 0) is 37.8 Å². The summed E-state index contributed by atoms with van der Waals surface area (Å²) in [6, 6.07) is 10.5. The molecular formula is C22H29N7O. The summed E-state index contributed by atoms with van der Waals surface area (Å²) in [7, 11) is 0. The van der Waals surface area contributed by atoms with Crippen LogP contribution in [-0.2, 0) is 17.8 Å². The topological polar surface area (TPSA) is 102 Å². The van der Waals surface area contributed by atoms with Crippen LogP contribution in [0.1, 0.15) is 31.2 Å². The molecule has 30 heavy (non-hydrogen) atoms. The lowest BCUT2D eigenvalue weighted by molar-refractivity contribution is -0.122. The Morgan fingerprint density at radius 3 is 2.70 bits per heavy atom. The molecule has 1 amide bonds. The number of hydrogen-bond donors (Lipinski definition) is 2. The molecule has 3 heterocycles. The second kappa shape index (κ2) is 9.67. The summed E-state index contributed by atoms with van der Waals surface area (Å²) in [5.41, 5.74) is 8.52. The van der Waals surface area contributed by atoms with Crippen molar-refractivity contribution in [3.63, 3.8) is 0 Å². The number of nitrogen functional groups attached to an aromatic ring is 1. The van der Waals surface area contributed by atoms with E-state index in [2.05, 4.69) is 37.3 Å². The summed E-state index contributed by atoms with van der Waals surface area (Å²) in [4.78, 5) is 27.3. The third kappa shape index (κ3) is 5.13. The van der Waals surface area contributed by atoms with Gasteiger partial charge in [-0.25, -0.2) is 15.0 Å². The summed E-state index contributed by atoms with van der Waals surface area (Å²) >= 11 is 0. The van der Waals surface area contributed by atoms with E-state index in [1.54, 1.807) is 6.33 Å². The monoisotopic (exact) mass is 407 g/mol. The highest BCUT2D eigenvalue weighted by Crippen LogP contribution is 2.15. The lowest BCUT2D eigenvalue weighted by Crippen LogP contribution is -2.45. The Labute approximate surface area is 176 Å². The minimum Gasteiger partial charge on any atom is -0.382 e. The highest BCUT2D eigenvalue weighted by Gasteiger charge is 2.20. The van der Waals surface area contributed by atoms with Gasteiger partial charge in [0.2, 0.25) is 5.91 Å². The Morgan fingerprint density at radius 1 is 1.10 bits per heavy atom. The summed E-state index contributed by atoms with van der Waals surface area (Å²) in [5.74, 6) is 0.581. The lowest BCUT2D eigenvalue weighted by Gasteiger charge is -2.32. The van der Waals surface area contributed by atoms with Gasteiger partial charge < -0.3 is 20.5 Å². The van der Waals surface area contributed by atoms with E-state index >= 15 is 0 Å². The zero-order chi connectivity index (χ0) is 20.8. The first kappa shape index (κ1) is 20.3. The van der Waals surface area contributed by atoms with Gasteiger partial charge in [-0.3, -0.25) is 4.79 Å². The Hall–Kier alpha value is -3.00. The van der Waals surface area contributed by atoms with E-state index in [4.69, 9.17) is 5.73 Å². The maximum Gasteiger partial charge on any atom is 0.220 e. The van der Waals surface area contributed by atoms with Crippen molar-refractivity contribution in [1.29, 1.82) is 0 Å². The normalized spacial score (nSPS) is 15.5. The number of nitrogens with two attached hydrogens (primary N) is 1. The van der Waals surface area contributed by atoms with Crippen molar-refractivity contribution in [2.24, 2.45) is 0 Å². The van der Waals surface area contributed by atoms with Gasteiger partial charge in [-0.2, -0.15) is 0 Å². The van der Waals surface area contributed by atoms with Gasteiger partial charge >= 0.3 is 0 Å². The molecule has 0 radical (unpaired) electrons. The van der Waals surface area contributed by atoms with Crippen LogP contribution >= 0.6 is 0 Å². The molecule has 3 N–H and O–H groups in total. The SMILES string of the molecule is Nc1ncnc2c1ncn2CCCN1CCC(NC(=O)CCc2ccccc2)CC1. The first-order valence-corrected chi connectivity index (χ1v) is 10.7. The van der Waals surface area contributed by atoms with Crippen LogP contribution in [0.4, 0.5) is 5.82 Å². The van der Waals surface area contributed by atoms with Gasteiger partial charge in [0.1, 0.15) is 11.8 Å². The maximum atomic E-state index is 12.2. The van der Waals surface area contributed by atoms with Crippen molar-refractivity contribution in [1.82, 2.24) is 29.7 Å². The molecule has 8 nitrogen and oxygen atoms in total. The fraction of sp³-hybridized carbons (Fsp3) is 0.455. The van der Waals surface area contributed by atoms with E-state index in [1.807, 2.05) is 22.8 Å². The van der Waals surface area contributed by atoms with Crippen LogP contribution in [0.3, 0.4) is 0 Å². The Morgan fingerprint density at radius 2 is 1.90 bits per heavy atom. The fourth-order valence-electron chi connectivity index (χ4n) is 4.03. The molecule has 0 atom stereocenters. The van der Waals surface area contributed by atoms with E-state index in [0.29, 0.717) is 23.8 Å². The van der Waals surface area contributed by atoms with Gasteiger partial charge in [0.25, 0.3) is 0 Å². The van der Waals surface area contributed by atoms with Crippen LogP contribution in [0, 0.1) is 0 Å². The van der Waals surface area contributed by atoms with Gasteiger partial charge in [0.05, 0.1) is 6.33 Å². The third-order valence-electron chi connectivity index (χ3n) is 5.74. The second-order valence-electron chi connectivity index (χ2n) is 7.89. The standard InChI is InChI=1S/C22H29N7O/c23-21-20-22(25-15-24-21)29(16-26-20)12-4-11-28-13-9-18(10-14-28)27-19(30)8-7-17-5-2-1-3-6-17/h1-3,5-6,15-16,18H,4,7-14H2,(H,27,30)(H2,23,24,25). The molecule has 4 rings (SSSR count). The molecule has 1 fully saturated rings. The van der Waals surface area contributed by atoms with Crippen LogP contribution < -0.4 is 11.1 Å². The van der Waals surface area contributed by atoms with Gasteiger partial charge in [-0.15, -0.1) is 0 Å². The number of fused-ring (bicyclic) bond motifs is 1. The van der Waals surface area contributed by atoms with Crippen molar-refractivity contribution >= 4 is 22.9 Å². The Balaban J connectivity index is 1.15. The maximum absolute atomic E-state index is 12.2. The van der Waals surface area contributed by atoms with Crippen LogP contribution in [0.15, 0.2) is 43.0 Å². The first-order chi connectivity index (χ1) is 14.7. The highest BCUT2D eigenvalue weighted by molar-refractivity contribution is 5.81. The van der Waals surface area contributed by atoms with Crippen LogP contribution in [0.2, 0.25) is 0 Å². The lowest BCUT2D eigenvalue weighted by atomic mass is 10.0. The summed E-state index contributed by atoms with van der Waals surface area (Å²) in [6.45, 7) is 3.91. The van der Waals surface area contributed by atoms with E-state index in [0.717, 1.165) is 57.5 Å². The Kier molecular flexibility index (Phi) is 6.53. The number of anilines is 1. The largest absolute Gasteiger partial charge is 0.382 e. The number of aryl methyl sites for hydroxylation is 2. The zero-order valence-electron chi connectivity index (χ0n) is 17.2. The van der Waals surface area contributed by atoms with Crippen molar-refractivity contribution in [2.75, 3.05) is 25.4 Å². The molecule has 158 valence electrons. The molecule has 0 aliphatic carbocycles. The molecule has 1 aliphatic rings. The number of likely N-dealkylation sites (tertiary alicyclic amines) is 1. The molecular weight excluding hydrogens is 378 g/mol. The highest BCUT2D eigenvalue weighted by atomic mass is 16.1. The van der Waals surface area contributed by atoms with Crippen molar-refractivity contribution in [2.45, 2.75) is 44.7 Å². The smallest absolute Gasteiger partial charge is 0.220 e. The molecule has 2 aromatic heterocycles. The number of aromatic nitrogens is 4.